The normalized spacial score (nSPS) is 14.2. The van der Waals surface area contributed by atoms with Gasteiger partial charge in [0.15, 0.2) is 6.10 Å². The van der Waals surface area contributed by atoms with Crippen molar-refractivity contribution in [1.29, 1.82) is 0 Å². The van der Waals surface area contributed by atoms with E-state index in [0.29, 0.717) is 24.2 Å². The summed E-state index contributed by atoms with van der Waals surface area (Å²) in [4.78, 5) is 26.6. The van der Waals surface area contributed by atoms with Gasteiger partial charge in [0.25, 0.3) is 0 Å². The van der Waals surface area contributed by atoms with Crippen molar-refractivity contribution in [3.63, 3.8) is 0 Å². The second-order valence-electron chi connectivity index (χ2n) is 8.51. The smallest absolute Gasteiger partial charge is 0.337 e. The van der Waals surface area contributed by atoms with Crippen molar-refractivity contribution in [3.8, 4) is 11.1 Å². The highest BCUT2D eigenvalue weighted by molar-refractivity contribution is 5.87. The Morgan fingerprint density at radius 1 is 0.969 bits per heavy atom. The molecule has 1 aliphatic heterocycles. The van der Waals surface area contributed by atoms with E-state index in [1.807, 2.05) is 75.4 Å². The van der Waals surface area contributed by atoms with Crippen molar-refractivity contribution in [2.75, 3.05) is 0 Å². The van der Waals surface area contributed by atoms with Gasteiger partial charge in [-0.3, -0.25) is 4.79 Å². The molecule has 1 heterocycles. The Hall–Kier alpha value is -3.44. The molecule has 0 spiro atoms. The highest BCUT2D eigenvalue weighted by atomic mass is 16.4. The fourth-order valence-corrected chi connectivity index (χ4v) is 4.66. The van der Waals surface area contributed by atoms with Gasteiger partial charge in [0.1, 0.15) is 0 Å². The molecule has 1 amide bonds. The van der Waals surface area contributed by atoms with Crippen LogP contribution in [0.15, 0.2) is 54.6 Å². The van der Waals surface area contributed by atoms with Crippen LogP contribution in [0.4, 0.5) is 0 Å². The van der Waals surface area contributed by atoms with Gasteiger partial charge in [0.2, 0.25) is 5.91 Å². The summed E-state index contributed by atoms with van der Waals surface area (Å²) in [7, 11) is 0. The molecule has 0 saturated heterocycles. The molecular formula is C27H27NO4. The monoisotopic (exact) mass is 429 g/mol. The molecule has 2 N–H and O–H groups in total. The summed E-state index contributed by atoms with van der Waals surface area (Å²) in [6, 6.07) is 17.6. The molecule has 4 rings (SSSR count). The summed E-state index contributed by atoms with van der Waals surface area (Å²) in [6.07, 6.45) is -1.38. The number of nitrogens with zero attached hydrogens (tertiary/aromatic N) is 1. The number of hydrogen-bond donors (Lipinski definition) is 2. The van der Waals surface area contributed by atoms with Crippen molar-refractivity contribution in [3.05, 3.63) is 93.5 Å². The zero-order valence-electron chi connectivity index (χ0n) is 18.6. The second kappa shape index (κ2) is 8.60. The summed E-state index contributed by atoms with van der Waals surface area (Å²) in [5.74, 6) is -1.24. The van der Waals surface area contributed by atoms with Crippen LogP contribution in [0.25, 0.3) is 11.1 Å². The minimum Gasteiger partial charge on any atom is -0.479 e. The number of aryl methyl sites for hydroxylation is 1. The summed E-state index contributed by atoms with van der Waals surface area (Å²) in [6.45, 7) is 6.65. The van der Waals surface area contributed by atoms with Crippen molar-refractivity contribution in [1.82, 2.24) is 4.90 Å². The molecule has 32 heavy (non-hydrogen) atoms. The van der Waals surface area contributed by atoms with E-state index in [1.165, 1.54) is 0 Å². The number of carbonyl (C=O) groups is 2. The molecule has 5 nitrogen and oxygen atoms in total. The number of aliphatic hydroxyl groups is 1. The highest BCUT2D eigenvalue weighted by Crippen LogP contribution is 2.41. The van der Waals surface area contributed by atoms with E-state index in [9.17, 15) is 19.8 Å². The Balaban J connectivity index is 1.86. The summed E-state index contributed by atoms with van der Waals surface area (Å²) >= 11 is 0. The quantitative estimate of drug-likeness (QED) is 0.627. The number of aliphatic carboxylic acids is 1. The van der Waals surface area contributed by atoms with E-state index in [4.69, 9.17) is 0 Å². The van der Waals surface area contributed by atoms with Gasteiger partial charge in [-0.2, -0.15) is 0 Å². The van der Waals surface area contributed by atoms with Crippen LogP contribution in [0, 0.1) is 20.8 Å². The molecular weight excluding hydrogens is 402 g/mol. The number of aliphatic hydroxyl groups excluding tert-OH is 1. The van der Waals surface area contributed by atoms with Gasteiger partial charge < -0.3 is 15.1 Å². The number of carbonyl (C=O) groups excluding carboxylic acids is 1. The van der Waals surface area contributed by atoms with Crippen LogP contribution in [-0.4, -0.2) is 27.0 Å². The summed E-state index contributed by atoms with van der Waals surface area (Å²) in [5, 5.41) is 20.3. The number of hydrogen-bond acceptors (Lipinski definition) is 3. The Morgan fingerprint density at radius 3 is 2.25 bits per heavy atom. The molecule has 1 aliphatic rings. The summed E-state index contributed by atoms with van der Waals surface area (Å²) < 4.78 is 0. The Morgan fingerprint density at radius 2 is 1.62 bits per heavy atom. The number of benzene rings is 3. The highest BCUT2D eigenvalue weighted by Gasteiger charge is 2.32. The average molecular weight is 430 g/mol. The third-order valence-corrected chi connectivity index (χ3v) is 6.41. The SMILES string of the molecule is Cc1ccc(-c2c(C)c3c(c(C)c2C(O)C(=O)O)CN(Cc2ccccc2)C(=O)C3)cc1. The molecule has 0 aromatic heterocycles. The van der Waals surface area contributed by atoms with Crippen LogP contribution >= 0.6 is 0 Å². The van der Waals surface area contributed by atoms with Gasteiger partial charge in [-0.1, -0.05) is 60.2 Å². The molecule has 0 bridgehead atoms. The molecule has 3 aromatic rings. The van der Waals surface area contributed by atoms with E-state index < -0.39 is 12.1 Å². The first-order valence-electron chi connectivity index (χ1n) is 10.7. The maximum atomic E-state index is 13.0. The average Bonchev–Trinajstić information content (AvgIpc) is 2.78. The Labute approximate surface area is 187 Å². The van der Waals surface area contributed by atoms with E-state index in [2.05, 4.69) is 0 Å². The van der Waals surface area contributed by atoms with Crippen molar-refractivity contribution < 1.29 is 19.8 Å². The van der Waals surface area contributed by atoms with E-state index in [0.717, 1.165) is 38.9 Å². The van der Waals surface area contributed by atoms with Gasteiger partial charge in [0.05, 0.1) is 6.42 Å². The lowest BCUT2D eigenvalue weighted by Gasteiger charge is -2.34. The third kappa shape index (κ3) is 3.92. The number of carboxylic acid groups (broad SMARTS) is 1. The van der Waals surface area contributed by atoms with Crippen molar-refractivity contribution >= 4 is 11.9 Å². The number of amides is 1. The molecule has 3 aromatic carbocycles. The standard InChI is InChI=1S/C27H27NO4/c1-16-9-11-20(12-10-16)24-17(2)21-13-23(29)28(14-19-7-5-4-6-8-19)15-22(21)18(3)25(24)26(30)27(31)32/h4-12,26,30H,13-15H2,1-3H3,(H,31,32). The largest absolute Gasteiger partial charge is 0.479 e. The lowest BCUT2D eigenvalue weighted by molar-refractivity contribution is -0.147. The molecule has 5 heteroatoms. The van der Waals surface area contributed by atoms with E-state index in [1.54, 1.807) is 4.90 Å². The van der Waals surface area contributed by atoms with Crippen LogP contribution < -0.4 is 0 Å². The number of fused-ring (bicyclic) bond motifs is 1. The molecule has 0 saturated carbocycles. The lowest BCUT2D eigenvalue weighted by Crippen LogP contribution is -2.37. The Bertz CT molecular complexity index is 1180. The maximum Gasteiger partial charge on any atom is 0.337 e. The molecule has 0 fully saturated rings. The van der Waals surface area contributed by atoms with Crippen LogP contribution in [-0.2, 0) is 29.1 Å². The van der Waals surface area contributed by atoms with Gasteiger partial charge in [-0.05, 0) is 59.7 Å². The fourth-order valence-electron chi connectivity index (χ4n) is 4.66. The van der Waals surface area contributed by atoms with E-state index >= 15 is 0 Å². The second-order valence-corrected chi connectivity index (χ2v) is 8.51. The molecule has 1 unspecified atom stereocenters. The predicted molar refractivity (Wildman–Crippen MR) is 123 cm³/mol. The van der Waals surface area contributed by atoms with Crippen LogP contribution in [0.5, 0.6) is 0 Å². The molecule has 164 valence electrons. The van der Waals surface area contributed by atoms with Gasteiger partial charge >= 0.3 is 5.97 Å². The molecule has 0 radical (unpaired) electrons. The minimum atomic E-state index is -1.64. The number of carboxylic acids is 1. The van der Waals surface area contributed by atoms with Crippen molar-refractivity contribution in [2.24, 2.45) is 0 Å². The van der Waals surface area contributed by atoms with Gasteiger partial charge in [0, 0.05) is 18.7 Å². The first-order valence-corrected chi connectivity index (χ1v) is 10.7. The minimum absolute atomic E-state index is 0.0465. The fraction of sp³-hybridized carbons (Fsp3) is 0.259. The van der Waals surface area contributed by atoms with Crippen LogP contribution in [0.2, 0.25) is 0 Å². The first kappa shape index (κ1) is 21.8. The first-order chi connectivity index (χ1) is 15.3. The van der Waals surface area contributed by atoms with Crippen molar-refractivity contribution in [2.45, 2.75) is 46.4 Å². The predicted octanol–water partition coefficient (Wildman–Crippen LogP) is 4.48. The maximum absolute atomic E-state index is 13.0. The Kier molecular flexibility index (Phi) is 5.85. The third-order valence-electron chi connectivity index (χ3n) is 6.41. The zero-order chi connectivity index (χ0) is 23.0. The summed E-state index contributed by atoms with van der Waals surface area (Å²) in [5.41, 5.74) is 7.56. The van der Waals surface area contributed by atoms with E-state index in [-0.39, 0.29) is 12.3 Å². The van der Waals surface area contributed by atoms with Gasteiger partial charge in [-0.15, -0.1) is 0 Å². The number of rotatable bonds is 5. The van der Waals surface area contributed by atoms with Crippen LogP contribution in [0.1, 0.15) is 45.0 Å². The zero-order valence-corrected chi connectivity index (χ0v) is 18.6. The lowest BCUT2D eigenvalue weighted by atomic mass is 9.80. The molecule has 0 aliphatic carbocycles. The molecule has 1 atom stereocenters. The van der Waals surface area contributed by atoms with Crippen LogP contribution in [0.3, 0.4) is 0 Å². The topological polar surface area (TPSA) is 77.8 Å². The van der Waals surface area contributed by atoms with Gasteiger partial charge in [-0.25, -0.2) is 4.79 Å².